The first-order valence-electron chi connectivity index (χ1n) is 13.1. The quantitative estimate of drug-likeness (QED) is 0.306. The molecule has 2 aliphatic rings. The van der Waals surface area contributed by atoms with Crippen LogP contribution in [0, 0.1) is 32.6 Å². The molecule has 3 rings (SSSR count). The van der Waals surface area contributed by atoms with Gasteiger partial charge in [-0.1, -0.05) is 20.3 Å². The van der Waals surface area contributed by atoms with Gasteiger partial charge in [-0.25, -0.2) is 4.57 Å². The van der Waals surface area contributed by atoms with Gasteiger partial charge in [0.15, 0.2) is 0 Å². The molecule has 10 nitrogen and oxygen atoms in total. The average molecular weight is 557 g/mol. The highest BCUT2D eigenvalue weighted by atomic mass is 31.2. The van der Waals surface area contributed by atoms with Crippen LogP contribution >= 0.6 is 7.82 Å². The number of phosphoric ester groups is 1. The molecular formula is C27H41O10P. The molecule has 11 heteroatoms. The van der Waals surface area contributed by atoms with Gasteiger partial charge in [0, 0.05) is 5.56 Å². The van der Waals surface area contributed by atoms with Crippen molar-refractivity contribution in [1.29, 1.82) is 0 Å². The molecule has 4 atom stereocenters. The Labute approximate surface area is 224 Å². The number of aliphatic hydroxyl groups is 3. The van der Waals surface area contributed by atoms with Crippen LogP contribution < -0.4 is 9.26 Å². The maximum atomic E-state index is 13.1. The Morgan fingerprint density at radius 3 is 2.47 bits per heavy atom. The van der Waals surface area contributed by atoms with Crippen molar-refractivity contribution >= 4 is 13.6 Å². The maximum absolute atomic E-state index is 13.1. The summed E-state index contributed by atoms with van der Waals surface area (Å²) < 4.78 is 35.3. The van der Waals surface area contributed by atoms with Crippen molar-refractivity contribution in [3.63, 3.8) is 0 Å². The van der Waals surface area contributed by atoms with Gasteiger partial charge in [-0.3, -0.25) is 9.69 Å². The highest BCUT2D eigenvalue weighted by Gasteiger charge is 2.40. The summed E-state index contributed by atoms with van der Waals surface area (Å²) in [7, 11) is -4.98. The van der Waals surface area contributed by atoms with Crippen molar-refractivity contribution < 1.29 is 48.1 Å². The lowest BCUT2D eigenvalue weighted by Gasteiger charge is -2.38. The molecule has 1 aromatic carbocycles. The van der Waals surface area contributed by atoms with Crippen LogP contribution in [0.15, 0.2) is 11.5 Å². The molecular weight excluding hydrogens is 515 g/mol. The molecule has 0 aromatic heterocycles. The first-order chi connectivity index (χ1) is 17.7. The zero-order valence-electron chi connectivity index (χ0n) is 23.1. The summed E-state index contributed by atoms with van der Waals surface area (Å²) in [5, 5.41) is 29.8. The molecule has 0 spiro atoms. The number of phosphoric acid groups is 1. The summed E-state index contributed by atoms with van der Waals surface area (Å²) in [6, 6.07) is 0. The van der Waals surface area contributed by atoms with E-state index in [2.05, 4.69) is 20.8 Å². The molecule has 2 heterocycles. The first kappa shape index (κ1) is 30.4. The summed E-state index contributed by atoms with van der Waals surface area (Å²) in [6.07, 6.45) is 3.15. The third-order valence-electron chi connectivity index (χ3n) is 7.48. The Bertz CT molecular complexity index is 1130. The van der Waals surface area contributed by atoms with E-state index in [1.165, 1.54) is 0 Å². The van der Waals surface area contributed by atoms with Crippen LogP contribution in [0.4, 0.5) is 0 Å². The molecule has 0 fully saturated rings. The van der Waals surface area contributed by atoms with Crippen molar-refractivity contribution in [2.45, 2.75) is 85.4 Å². The molecule has 38 heavy (non-hydrogen) atoms. The number of ketones is 1. The number of hydrogen-bond donors (Lipinski definition) is 4. The van der Waals surface area contributed by atoms with Crippen LogP contribution in [-0.2, 0) is 25.0 Å². The monoisotopic (exact) mass is 556 g/mol. The van der Waals surface area contributed by atoms with Gasteiger partial charge in [-0.15, -0.1) is 0 Å². The molecule has 0 aliphatic carbocycles. The summed E-state index contributed by atoms with van der Waals surface area (Å²) in [6.45, 7) is 10.4. The fraction of sp³-hybridized carbons (Fsp3) is 0.667. The Kier molecular flexibility index (Phi) is 9.58. The van der Waals surface area contributed by atoms with E-state index in [1.807, 2.05) is 6.92 Å². The number of aliphatic hydroxyl groups excluding tert-OH is 3. The largest absolute Gasteiger partial charge is 0.585 e. The van der Waals surface area contributed by atoms with Gasteiger partial charge in [0.2, 0.25) is 11.5 Å². The highest BCUT2D eigenvalue weighted by molar-refractivity contribution is 7.48. The van der Waals surface area contributed by atoms with Crippen LogP contribution in [0.2, 0.25) is 0 Å². The third kappa shape index (κ3) is 6.72. The lowest BCUT2D eigenvalue weighted by atomic mass is 9.84. The lowest BCUT2D eigenvalue weighted by molar-refractivity contribution is -0.122. The minimum absolute atomic E-state index is 0.142. The Morgan fingerprint density at radius 1 is 1.16 bits per heavy atom. The lowest BCUT2D eigenvalue weighted by Crippen LogP contribution is -2.37. The second-order valence-electron chi connectivity index (χ2n) is 11.0. The van der Waals surface area contributed by atoms with Gasteiger partial charge < -0.3 is 33.8 Å². The van der Waals surface area contributed by atoms with E-state index in [1.54, 1.807) is 13.8 Å². The molecule has 0 saturated carbocycles. The Balaban J connectivity index is 1.88. The van der Waals surface area contributed by atoms with Crippen LogP contribution in [0.3, 0.4) is 0 Å². The number of fused-ring (bicyclic) bond motifs is 1. The fourth-order valence-electron chi connectivity index (χ4n) is 4.98. The van der Waals surface area contributed by atoms with E-state index in [4.69, 9.17) is 18.5 Å². The topological polar surface area (TPSA) is 152 Å². The fourth-order valence-corrected chi connectivity index (χ4v) is 5.95. The van der Waals surface area contributed by atoms with Crippen molar-refractivity contribution in [3.05, 3.63) is 33.8 Å². The molecule has 214 valence electrons. The van der Waals surface area contributed by atoms with Crippen molar-refractivity contribution in [2.24, 2.45) is 11.8 Å². The number of ether oxygens (including phenoxy) is 2. The van der Waals surface area contributed by atoms with Gasteiger partial charge in [0.1, 0.15) is 29.5 Å². The van der Waals surface area contributed by atoms with Crippen molar-refractivity contribution in [1.82, 2.24) is 0 Å². The van der Waals surface area contributed by atoms with Crippen LogP contribution in [0.25, 0.3) is 0 Å². The van der Waals surface area contributed by atoms with Crippen LogP contribution in [0.1, 0.15) is 68.7 Å². The summed E-state index contributed by atoms with van der Waals surface area (Å²) >= 11 is 0. The van der Waals surface area contributed by atoms with Gasteiger partial charge >= 0.3 is 7.82 Å². The third-order valence-corrected chi connectivity index (χ3v) is 8.31. The predicted octanol–water partition coefficient (Wildman–Crippen LogP) is 4.36. The molecule has 0 bridgehead atoms. The molecule has 0 saturated heterocycles. The van der Waals surface area contributed by atoms with E-state index in [9.17, 15) is 29.6 Å². The minimum Gasteiger partial charge on any atom is -0.508 e. The van der Waals surface area contributed by atoms with E-state index in [-0.39, 0.29) is 18.0 Å². The van der Waals surface area contributed by atoms with Crippen molar-refractivity contribution in [2.75, 3.05) is 19.8 Å². The minimum atomic E-state index is -4.98. The molecule has 0 radical (unpaired) electrons. The molecule has 2 aliphatic heterocycles. The number of Topliss-reactive ketones (excluding diaryl/α,β-unsaturated/α-hetero) is 1. The van der Waals surface area contributed by atoms with Gasteiger partial charge in [0.05, 0.1) is 25.2 Å². The van der Waals surface area contributed by atoms with Crippen LogP contribution in [-0.4, -0.2) is 57.5 Å². The number of rotatable bonds is 10. The zero-order valence-corrected chi connectivity index (χ0v) is 24.0. The molecule has 0 amide bonds. The number of benzene rings is 1. The van der Waals surface area contributed by atoms with E-state index < -0.39 is 50.4 Å². The highest BCUT2D eigenvalue weighted by Crippen LogP contribution is 2.52. The van der Waals surface area contributed by atoms with Crippen LogP contribution in [0.5, 0.6) is 11.5 Å². The molecule has 4 N–H and O–H groups in total. The smallest absolute Gasteiger partial charge is 0.508 e. The number of carbonyl (C=O) groups is 1. The Hall–Kier alpha value is -2.10. The van der Waals surface area contributed by atoms with Gasteiger partial charge in [0.25, 0.3) is 0 Å². The first-order valence-corrected chi connectivity index (χ1v) is 14.6. The SMILES string of the molecule is Cc1c(C)c2c(c(C)c1OP(=O)(O)OC1=C(O)C(C(O)CO)COCC1=O)CCC(C)(CCCC(C)C)O2. The maximum Gasteiger partial charge on any atom is 0.585 e. The standard InChI is InChI=1S/C27H41O10P/c1-15(2)8-7-10-27(6)11-9-19-18(5)24(16(3)17(4)25(19)35-27)36-38(32,33)37-26-22(30)14-34-13-20(23(26)31)21(29)12-28/h15,20-21,28-29,31H,7-14H2,1-6H3,(H,32,33). The normalized spacial score (nSPS) is 24.4. The average Bonchev–Trinajstić information content (AvgIpc) is 2.97. The van der Waals surface area contributed by atoms with Crippen molar-refractivity contribution in [3.8, 4) is 11.5 Å². The molecule has 1 aromatic rings. The summed E-state index contributed by atoms with van der Waals surface area (Å²) in [5.41, 5.74) is 2.59. The second-order valence-corrected chi connectivity index (χ2v) is 12.3. The Morgan fingerprint density at radius 2 is 1.84 bits per heavy atom. The summed E-state index contributed by atoms with van der Waals surface area (Å²) in [4.78, 5) is 23.1. The van der Waals surface area contributed by atoms with E-state index in [0.29, 0.717) is 23.5 Å². The predicted molar refractivity (Wildman–Crippen MR) is 140 cm³/mol. The zero-order chi connectivity index (χ0) is 28.4. The van der Waals surface area contributed by atoms with Gasteiger partial charge in [-0.05, 0) is 76.0 Å². The second kappa shape index (κ2) is 12.0. The number of carbonyl (C=O) groups excluding carboxylic acids is 1. The molecule has 4 unspecified atom stereocenters. The number of hydrogen-bond acceptors (Lipinski definition) is 9. The van der Waals surface area contributed by atoms with E-state index >= 15 is 0 Å². The summed E-state index contributed by atoms with van der Waals surface area (Å²) in [5.74, 6) is -2.21. The van der Waals surface area contributed by atoms with E-state index in [0.717, 1.165) is 42.6 Å². The van der Waals surface area contributed by atoms with Gasteiger partial charge in [-0.2, -0.15) is 0 Å².